The molecule has 1 aromatic carbocycles. The van der Waals surface area contributed by atoms with Crippen LogP contribution in [0.15, 0.2) is 42.5 Å². The number of carbonyl (C=O) groups is 1. The van der Waals surface area contributed by atoms with Crippen molar-refractivity contribution in [2.24, 2.45) is 0 Å². The molecule has 4 heteroatoms. The quantitative estimate of drug-likeness (QED) is 0.853. The van der Waals surface area contributed by atoms with Gasteiger partial charge in [0.05, 0.1) is 15.8 Å². The Morgan fingerprint density at radius 1 is 1.29 bits per heavy atom. The zero-order valence-electron chi connectivity index (χ0n) is 11.8. The zero-order valence-corrected chi connectivity index (χ0v) is 12.6. The van der Waals surface area contributed by atoms with Crippen LogP contribution in [0.25, 0.3) is 0 Å². The molecule has 2 N–H and O–H groups in total. The number of aliphatic hydroxyl groups excluding tert-OH is 1. The molecule has 0 radical (unpaired) electrons. The highest BCUT2D eigenvalue weighted by Gasteiger charge is 2.15. The lowest BCUT2D eigenvalue weighted by Crippen LogP contribution is -2.27. The minimum absolute atomic E-state index is 0.00720. The van der Waals surface area contributed by atoms with Gasteiger partial charge in [-0.15, -0.1) is 11.3 Å². The molecule has 108 valence electrons. The molecule has 0 bridgehead atoms. The van der Waals surface area contributed by atoms with Gasteiger partial charge in [-0.3, -0.25) is 4.79 Å². The summed E-state index contributed by atoms with van der Waals surface area (Å²) in [6, 6.07) is 13.5. The molecule has 2 aromatic rings. The number of hydrogen-bond donors (Lipinski definition) is 2. The maximum Gasteiger partial charge on any atom is 0.261 e. The van der Waals surface area contributed by atoms with Gasteiger partial charge >= 0.3 is 0 Å². The van der Waals surface area contributed by atoms with Gasteiger partial charge < -0.3 is 10.4 Å². The van der Waals surface area contributed by atoms with Gasteiger partial charge in [0.1, 0.15) is 6.61 Å². The van der Waals surface area contributed by atoms with Crippen molar-refractivity contribution in [3.05, 3.63) is 57.8 Å². The molecule has 0 saturated heterocycles. The normalized spacial score (nSPS) is 11.3. The van der Waals surface area contributed by atoms with Gasteiger partial charge in [-0.05, 0) is 24.1 Å². The Balaban J connectivity index is 2.08. The van der Waals surface area contributed by atoms with E-state index in [1.54, 1.807) is 12.1 Å². The van der Waals surface area contributed by atoms with E-state index in [1.165, 1.54) is 11.3 Å². The summed E-state index contributed by atoms with van der Waals surface area (Å²) < 4.78 is 0. The van der Waals surface area contributed by atoms with E-state index in [9.17, 15) is 4.79 Å². The molecule has 1 unspecified atom stereocenters. The Morgan fingerprint density at radius 3 is 2.71 bits per heavy atom. The number of thiophene rings is 1. The van der Waals surface area contributed by atoms with Crippen LogP contribution in [0.5, 0.6) is 0 Å². The maximum atomic E-state index is 12.3. The molecular weight excluding hydrogens is 282 g/mol. The first-order valence-electron chi connectivity index (χ1n) is 6.80. The fourth-order valence-electron chi connectivity index (χ4n) is 1.99. The first kappa shape index (κ1) is 15.3. The molecule has 1 aromatic heterocycles. The molecule has 1 heterocycles. The van der Waals surface area contributed by atoms with Crippen LogP contribution in [-0.4, -0.2) is 17.6 Å². The van der Waals surface area contributed by atoms with Gasteiger partial charge in [-0.2, -0.15) is 0 Å². The van der Waals surface area contributed by atoms with E-state index in [1.807, 2.05) is 37.3 Å². The van der Waals surface area contributed by atoms with Gasteiger partial charge in [0.25, 0.3) is 5.91 Å². The summed E-state index contributed by atoms with van der Waals surface area (Å²) in [5.74, 6) is 5.30. The highest BCUT2D eigenvalue weighted by atomic mass is 32.1. The second-order valence-corrected chi connectivity index (χ2v) is 5.55. The minimum Gasteiger partial charge on any atom is -0.384 e. The van der Waals surface area contributed by atoms with E-state index in [2.05, 4.69) is 17.2 Å². The van der Waals surface area contributed by atoms with Crippen LogP contribution in [0.1, 0.15) is 39.5 Å². The highest BCUT2D eigenvalue weighted by Crippen LogP contribution is 2.19. The summed E-state index contributed by atoms with van der Waals surface area (Å²) in [6.07, 6.45) is 0.832. The first-order chi connectivity index (χ1) is 10.2. The van der Waals surface area contributed by atoms with Crippen LogP contribution in [0.2, 0.25) is 0 Å². The number of nitrogens with one attached hydrogen (secondary N) is 1. The molecular formula is C17H17NO2S. The molecule has 2 rings (SSSR count). The SMILES string of the molecule is CCC(NC(=O)c1ccc(C#CCO)s1)c1ccccc1. The van der Waals surface area contributed by atoms with Gasteiger partial charge in [0, 0.05) is 0 Å². The van der Waals surface area contributed by atoms with Gasteiger partial charge in [-0.25, -0.2) is 0 Å². The molecule has 1 atom stereocenters. The predicted molar refractivity (Wildman–Crippen MR) is 85.2 cm³/mol. The second kappa shape index (κ2) is 7.63. The van der Waals surface area contributed by atoms with Gasteiger partial charge in [0.2, 0.25) is 0 Å². The number of amides is 1. The standard InChI is InChI=1S/C17H17NO2S/c1-2-15(13-7-4-3-5-8-13)18-17(20)16-11-10-14(21-16)9-6-12-19/h3-5,7-8,10-11,15,19H,2,12H2,1H3,(H,18,20). The second-order valence-electron chi connectivity index (χ2n) is 4.47. The lowest BCUT2D eigenvalue weighted by Gasteiger charge is -2.16. The Kier molecular flexibility index (Phi) is 5.56. The molecule has 21 heavy (non-hydrogen) atoms. The summed E-state index contributed by atoms with van der Waals surface area (Å²) in [5.41, 5.74) is 1.10. The van der Waals surface area contributed by atoms with Crippen molar-refractivity contribution < 1.29 is 9.90 Å². The highest BCUT2D eigenvalue weighted by molar-refractivity contribution is 7.14. The first-order valence-corrected chi connectivity index (χ1v) is 7.61. The molecule has 0 aliphatic rings. The lowest BCUT2D eigenvalue weighted by atomic mass is 10.0. The Morgan fingerprint density at radius 2 is 2.05 bits per heavy atom. The monoisotopic (exact) mass is 299 g/mol. The number of rotatable bonds is 4. The molecule has 0 aliphatic heterocycles. The summed E-state index contributed by atoms with van der Waals surface area (Å²) in [7, 11) is 0. The molecule has 3 nitrogen and oxygen atoms in total. The predicted octanol–water partition coefficient (Wildman–Crippen LogP) is 2.97. The smallest absolute Gasteiger partial charge is 0.261 e. The third kappa shape index (κ3) is 4.19. The van der Waals surface area contributed by atoms with Crippen LogP contribution in [0.4, 0.5) is 0 Å². The average Bonchev–Trinajstić information content (AvgIpc) is 3.00. The van der Waals surface area contributed by atoms with E-state index in [0.717, 1.165) is 16.9 Å². The number of aliphatic hydroxyl groups is 1. The van der Waals surface area contributed by atoms with E-state index in [4.69, 9.17) is 5.11 Å². The fraction of sp³-hybridized carbons (Fsp3) is 0.235. The number of carbonyl (C=O) groups excluding carboxylic acids is 1. The maximum absolute atomic E-state index is 12.3. The molecule has 0 fully saturated rings. The molecule has 0 saturated carbocycles. The van der Waals surface area contributed by atoms with E-state index >= 15 is 0 Å². The third-order valence-electron chi connectivity index (χ3n) is 3.04. The molecule has 1 amide bonds. The Bertz CT molecular complexity index is 652. The van der Waals surface area contributed by atoms with Crippen molar-refractivity contribution >= 4 is 17.2 Å². The van der Waals surface area contributed by atoms with Crippen LogP contribution in [0.3, 0.4) is 0 Å². The lowest BCUT2D eigenvalue weighted by molar-refractivity contribution is 0.0939. The van der Waals surface area contributed by atoms with Gasteiger partial charge in [-0.1, -0.05) is 49.1 Å². The summed E-state index contributed by atoms with van der Waals surface area (Å²) in [5, 5.41) is 11.7. The van der Waals surface area contributed by atoms with E-state index in [-0.39, 0.29) is 18.6 Å². The zero-order chi connectivity index (χ0) is 15.1. The third-order valence-corrected chi connectivity index (χ3v) is 4.04. The van der Waals surface area contributed by atoms with Crippen molar-refractivity contribution in [3.8, 4) is 11.8 Å². The van der Waals surface area contributed by atoms with Crippen LogP contribution in [0, 0.1) is 11.8 Å². The Hall–Kier alpha value is -2.09. The fourth-order valence-corrected chi connectivity index (χ4v) is 2.77. The van der Waals surface area contributed by atoms with Crippen molar-refractivity contribution in [3.63, 3.8) is 0 Å². The minimum atomic E-state index is -0.175. The van der Waals surface area contributed by atoms with E-state index < -0.39 is 0 Å². The topological polar surface area (TPSA) is 49.3 Å². The van der Waals surface area contributed by atoms with Gasteiger partial charge in [0.15, 0.2) is 0 Å². The number of hydrogen-bond acceptors (Lipinski definition) is 3. The summed E-state index contributed by atoms with van der Waals surface area (Å²) in [6.45, 7) is 1.87. The summed E-state index contributed by atoms with van der Waals surface area (Å²) >= 11 is 1.33. The largest absolute Gasteiger partial charge is 0.384 e. The molecule has 0 aliphatic carbocycles. The van der Waals surface area contributed by atoms with Crippen molar-refractivity contribution in [2.45, 2.75) is 19.4 Å². The van der Waals surface area contributed by atoms with Crippen molar-refractivity contribution in [1.29, 1.82) is 0 Å². The van der Waals surface area contributed by atoms with Crippen molar-refractivity contribution in [2.75, 3.05) is 6.61 Å². The molecule has 0 spiro atoms. The average molecular weight is 299 g/mol. The van der Waals surface area contributed by atoms with Crippen LogP contribution >= 0.6 is 11.3 Å². The van der Waals surface area contributed by atoms with Crippen molar-refractivity contribution in [1.82, 2.24) is 5.32 Å². The van der Waals surface area contributed by atoms with Crippen LogP contribution in [-0.2, 0) is 0 Å². The number of benzene rings is 1. The Labute approximate surface area is 128 Å². The van der Waals surface area contributed by atoms with E-state index in [0.29, 0.717) is 4.88 Å². The van der Waals surface area contributed by atoms with Crippen LogP contribution < -0.4 is 5.32 Å². The summed E-state index contributed by atoms with van der Waals surface area (Å²) in [4.78, 5) is 13.7.